The summed E-state index contributed by atoms with van der Waals surface area (Å²) in [4.78, 5) is 13.1. The molecule has 1 aliphatic rings. The first kappa shape index (κ1) is 9.52. The van der Waals surface area contributed by atoms with E-state index >= 15 is 0 Å². The van der Waals surface area contributed by atoms with Crippen LogP contribution in [0.15, 0.2) is 0 Å². The summed E-state index contributed by atoms with van der Waals surface area (Å²) in [6.45, 7) is 6.91. The molecule has 0 aromatic carbocycles. The van der Waals surface area contributed by atoms with E-state index < -0.39 is 6.10 Å². The van der Waals surface area contributed by atoms with E-state index in [4.69, 9.17) is 0 Å². The van der Waals surface area contributed by atoms with Gasteiger partial charge in [-0.15, -0.1) is 0 Å². The maximum atomic E-state index is 11.3. The molecule has 0 spiro atoms. The van der Waals surface area contributed by atoms with Crippen LogP contribution in [-0.4, -0.2) is 34.6 Å². The monoisotopic (exact) mass is 171 g/mol. The van der Waals surface area contributed by atoms with E-state index in [0.29, 0.717) is 18.9 Å². The third kappa shape index (κ3) is 1.61. The Hall–Kier alpha value is -0.570. The highest BCUT2D eigenvalue weighted by atomic mass is 16.3. The van der Waals surface area contributed by atoms with Crippen LogP contribution in [0, 0.1) is 5.92 Å². The zero-order valence-corrected chi connectivity index (χ0v) is 7.95. The summed E-state index contributed by atoms with van der Waals surface area (Å²) in [7, 11) is 0. The van der Waals surface area contributed by atoms with E-state index in [-0.39, 0.29) is 11.9 Å². The zero-order chi connectivity index (χ0) is 9.30. The first-order valence-corrected chi connectivity index (χ1v) is 4.52. The summed E-state index contributed by atoms with van der Waals surface area (Å²) in [6.07, 6.45) is -0.151. The van der Waals surface area contributed by atoms with E-state index in [0.717, 1.165) is 0 Å². The molecule has 70 valence electrons. The van der Waals surface area contributed by atoms with Crippen molar-refractivity contribution in [2.24, 2.45) is 5.92 Å². The summed E-state index contributed by atoms with van der Waals surface area (Å²) in [5.41, 5.74) is 0. The summed E-state index contributed by atoms with van der Waals surface area (Å²) in [6, 6.07) is 0.245. The van der Waals surface area contributed by atoms with Crippen molar-refractivity contribution < 1.29 is 9.90 Å². The van der Waals surface area contributed by atoms with Crippen LogP contribution in [0.3, 0.4) is 0 Å². The molecule has 1 N–H and O–H groups in total. The molecule has 0 radical (unpaired) electrons. The second-order valence-electron chi connectivity index (χ2n) is 3.82. The highest BCUT2D eigenvalue weighted by Crippen LogP contribution is 2.18. The van der Waals surface area contributed by atoms with Crippen LogP contribution in [0.5, 0.6) is 0 Å². The van der Waals surface area contributed by atoms with Crippen LogP contribution in [0.4, 0.5) is 0 Å². The fourth-order valence-electron chi connectivity index (χ4n) is 1.45. The van der Waals surface area contributed by atoms with Gasteiger partial charge in [-0.05, 0) is 19.3 Å². The first-order chi connectivity index (χ1) is 5.54. The topological polar surface area (TPSA) is 40.5 Å². The van der Waals surface area contributed by atoms with E-state index in [1.54, 1.807) is 4.90 Å². The Balaban J connectivity index is 2.59. The lowest BCUT2D eigenvalue weighted by Crippen LogP contribution is -2.39. The summed E-state index contributed by atoms with van der Waals surface area (Å²) in [5, 5.41) is 9.21. The molecule has 3 nitrogen and oxygen atoms in total. The van der Waals surface area contributed by atoms with Gasteiger partial charge < -0.3 is 10.0 Å². The van der Waals surface area contributed by atoms with Gasteiger partial charge in [0.05, 0.1) is 0 Å². The molecule has 1 heterocycles. The number of hydrogen-bond acceptors (Lipinski definition) is 2. The minimum absolute atomic E-state index is 0.101. The minimum Gasteiger partial charge on any atom is -0.383 e. The number of aliphatic hydroxyl groups is 1. The normalized spacial score (nSPS) is 26.9. The smallest absolute Gasteiger partial charge is 0.251 e. The lowest BCUT2D eigenvalue weighted by atomic mass is 10.1. The van der Waals surface area contributed by atoms with Gasteiger partial charge in [-0.25, -0.2) is 0 Å². The van der Waals surface area contributed by atoms with Gasteiger partial charge in [-0.3, -0.25) is 4.79 Å². The van der Waals surface area contributed by atoms with Crippen LogP contribution in [0.25, 0.3) is 0 Å². The molecule has 0 unspecified atom stereocenters. The lowest BCUT2D eigenvalue weighted by molar-refractivity contribution is -0.136. The van der Waals surface area contributed by atoms with Gasteiger partial charge >= 0.3 is 0 Å². The van der Waals surface area contributed by atoms with Gasteiger partial charge in [0.25, 0.3) is 5.91 Å². The zero-order valence-electron chi connectivity index (χ0n) is 7.95. The molecular formula is C9H17NO2. The fraction of sp³-hybridized carbons (Fsp3) is 0.889. The Kier molecular flexibility index (Phi) is 2.73. The van der Waals surface area contributed by atoms with E-state index in [9.17, 15) is 9.90 Å². The van der Waals surface area contributed by atoms with E-state index in [1.165, 1.54) is 0 Å². The highest BCUT2D eigenvalue weighted by molar-refractivity contribution is 5.82. The molecule has 0 bridgehead atoms. The van der Waals surface area contributed by atoms with Gasteiger partial charge in [-0.1, -0.05) is 13.8 Å². The molecule has 1 fully saturated rings. The Bertz CT molecular complexity index is 179. The Morgan fingerprint density at radius 3 is 2.42 bits per heavy atom. The first-order valence-electron chi connectivity index (χ1n) is 4.52. The average Bonchev–Trinajstić information content (AvgIpc) is 2.32. The molecule has 2 atom stereocenters. The molecular weight excluding hydrogens is 154 g/mol. The Labute approximate surface area is 73.4 Å². The molecule has 0 aromatic heterocycles. The second kappa shape index (κ2) is 3.44. The van der Waals surface area contributed by atoms with Gasteiger partial charge in [0.2, 0.25) is 0 Å². The van der Waals surface area contributed by atoms with Crippen LogP contribution in [0.1, 0.15) is 27.2 Å². The Morgan fingerprint density at radius 2 is 2.08 bits per heavy atom. The van der Waals surface area contributed by atoms with Crippen molar-refractivity contribution in [1.82, 2.24) is 4.90 Å². The van der Waals surface area contributed by atoms with Crippen molar-refractivity contribution in [2.75, 3.05) is 6.54 Å². The molecule has 1 aliphatic heterocycles. The lowest BCUT2D eigenvalue weighted by Gasteiger charge is -2.27. The Morgan fingerprint density at radius 1 is 1.50 bits per heavy atom. The van der Waals surface area contributed by atoms with Crippen LogP contribution in [0.2, 0.25) is 0 Å². The van der Waals surface area contributed by atoms with Crippen molar-refractivity contribution >= 4 is 5.91 Å². The molecule has 0 saturated carbocycles. The van der Waals surface area contributed by atoms with E-state index in [2.05, 4.69) is 13.8 Å². The van der Waals surface area contributed by atoms with Gasteiger partial charge in [0, 0.05) is 12.6 Å². The summed E-state index contributed by atoms with van der Waals surface area (Å²) in [5.74, 6) is 0.357. The quantitative estimate of drug-likeness (QED) is 0.661. The SMILES string of the molecule is CC(C)[C@H](C)N1CC[C@@H](O)C1=O. The molecule has 1 amide bonds. The molecule has 1 saturated heterocycles. The second-order valence-corrected chi connectivity index (χ2v) is 3.82. The predicted molar refractivity (Wildman–Crippen MR) is 46.6 cm³/mol. The van der Waals surface area contributed by atoms with Gasteiger partial charge in [0.1, 0.15) is 6.10 Å². The van der Waals surface area contributed by atoms with E-state index in [1.807, 2.05) is 6.92 Å². The molecule has 12 heavy (non-hydrogen) atoms. The number of carbonyl (C=O) groups is 1. The average molecular weight is 171 g/mol. The maximum absolute atomic E-state index is 11.3. The van der Waals surface area contributed by atoms with Crippen molar-refractivity contribution in [2.45, 2.75) is 39.3 Å². The maximum Gasteiger partial charge on any atom is 0.251 e. The third-order valence-electron chi connectivity index (χ3n) is 2.67. The number of aliphatic hydroxyl groups excluding tert-OH is 1. The largest absolute Gasteiger partial charge is 0.383 e. The van der Waals surface area contributed by atoms with Crippen LogP contribution in [-0.2, 0) is 4.79 Å². The number of hydrogen-bond donors (Lipinski definition) is 1. The van der Waals surface area contributed by atoms with Crippen molar-refractivity contribution in [3.63, 3.8) is 0 Å². The van der Waals surface area contributed by atoms with Crippen molar-refractivity contribution in [3.8, 4) is 0 Å². The molecule has 1 rings (SSSR count). The number of carbonyl (C=O) groups excluding carboxylic acids is 1. The molecule has 3 heteroatoms. The van der Waals surface area contributed by atoms with Crippen LogP contribution < -0.4 is 0 Å². The number of amides is 1. The van der Waals surface area contributed by atoms with Gasteiger partial charge in [-0.2, -0.15) is 0 Å². The highest BCUT2D eigenvalue weighted by Gasteiger charge is 2.33. The fourth-order valence-corrected chi connectivity index (χ4v) is 1.45. The number of nitrogens with zero attached hydrogens (tertiary/aromatic N) is 1. The minimum atomic E-state index is -0.744. The van der Waals surface area contributed by atoms with Gasteiger partial charge in [0.15, 0.2) is 0 Å². The van der Waals surface area contributed by atoms with Crippen molar-refractivity contribution in [1.29, 1.82) is 0 Å². The van der Waals surface area contributed by atoms with Crippen molar-refractivity contribution in [3.05, 3.63) is 0 Å². The summed E-state index contributed by atoms with van der Waals surface area (Å²) >= 11 is 0. The number of rotatable bonds is 2. The molecule has 0 aliphatic carbocycles. The predicted octanol–water partition coefficient (Wildman–Crippen LogP) is 0.624. The third-order valence-corrected chi connectivity index (χ3v) is 2.67. The molecule has 0 aromatic rings. The summed E-state index contributed by atoms with van der Waals surface area (Å²) < 4.78 is 0. The van der Waals surface area contributed by atoms with Crippen LogP contribution >= 0.6 is 0 Å². The standard InChI is InChI=1S/C9H17NO2/c1-6(2)7(3)10-5-4-8(11)9(10)12/h6-8,11H,4-5H2,1-3H3/t7-,8+/m0/s1. The number of likely N-dealkylation sites (tertiary alicyclic amines) is 1.